The fourth-order valence-corrected chi connectivity index (χ4v) is 7.45. The summed E-state index contributed by atoms with van der Waals surface area (Å²) in [4.78, 5) is 27.0. The first kappa shape index (κ1) is 29.1. The molecule has 1 aliphatic heterocycles. The van der Waals surface area contributed by atoms with Gasteiger partial charge in [0.1, 0.15) is 0 Å². The Bertz CT molecular complexity index is 1080. The molecule has 3 heteroatoms. The zero-order valence-electron chi connectivity index (χ0n) is 24.0. The van der Waals surface area contributed by atoms with E-state index in [0.717, 1.165) is 30.6 Å². The molecule has 1 aromatic rings. The average Bonchev–Trinajstić information content (AvgIpc) is 3.69. The van der Waals surface area contributed by atoms with Crippen molar-refractivity contribution in [3.63, 3.8) is 0 Å². The van der Waals surface area contributed by atoms with Gasteiger partial charge in [0.05, 0.1) is 11.1 Å². The number of hydrogen-bond donors (Lipinski definition) is 0. The largest absolute Gasteiger partial charge is 0.274 e. The van der Waals surface area contributed by atoms with E-state index >= 15 is 0 Å². The van der Waals surface area contributed by atoms with Crippen LogP contribution in [0.5, 0.6) is 0 Å². The summed E-state index contributed by atoms with van der Waals surface area (Å²) in [6, 6.07) is 7.15. The number of imide groups is 1. The fourth-order valence-electron chi connectivity index (χ4n) is 7.45. The van der Waals surface area contributed by atoms with Gasteiger partial charge in [0, 0.05) is 6.54 Å². The Kier molecular flexibility index (Phi) is 9.64. The number of benzene rings is 1. The van der Waals surface area contributed by atoms with Gasteiger partial charge in [-0.3, -0.25) is 14.5 Å². The van der Waals surface area contributed by atoms with E-state index in [2.05, 4.69) is 70.5 Å². The second-order valence-electron chi connectivity index (χ2n) is 12.5. The average molecular weight is 526 g/mol. The van der Waals surface area contributed by atoms with Crippen LogP contribution in [0.25, 0.3) is 0 Å². The molecule has 1 heterocycles. The Morgan fingerprint density at radius 2 is 1.15 bits per heavy atom. The van der Waals surface area contributed by atoms with Gasteiger partial charge in [-0.15, -0.1) is 26.3 Å². The lowest BCUT2D eigenvalue weighted by molar-refractivity contribution is 0.0622. The van der Waals surface area contributed by atoms with Gasteiger partial charge in [-0.05, 0) is 104 Å². The highest BCUT2D eigenvalue weighted by atomic mass is 16.2. The van der Waals surface area contributed by atoms with Crippen molar-refractivity contribution in [2.75, 3.05) is 6.54 Å². The molecule has 9 atom stereocenters. The van der Waals surface area contributed by atoms with Crippen LogP contribution in [0.15, 0.2) is 87.0 Å². The van der Waals surface area contributed by atoms with Crippen molar-refractivity contribution in [1.82, 2.24) is 4.90 Å². The Balaban J connectivity index is 0.000000298. The standard InChI is InChI=1S/C26H31NO2.C10H16/c1-4-18-13-21(11-10-19-12-17(3)20(5-2)15-19)22(14-18)16-27-25(28)23-8-6-7-9-24(23)26(27)29;1-4-9-6-8(3)10(5-2)7-9/h4-11,17-22H,1-2,12-16H2,3H3;4-5,8-10H,1-2,6-7H2,3H3/b11-10-;. The Hall–Kier alpha value is -2.94. The molecule has 4 aliphatic rings. The lowest BCUT2D eigenvalue weighted by atomic mass is 9.93. The molecule has 9 unspecified atom stereocenters. The summed E-state index contributed by atoms with van der Waals surface area (Å²) in [7, 11) is 0. The summed E-state index contributed by atoms with van der Waals surface area (Å²) in [5.41, 5.74) is 1.08. The summed E-state index contributed by atoms with van der Waals surface area (Å²) in [6.45, 7) is 20.7. The van der Waals surface area contributed by atoms with Crippen LogP contribution in [-0.2, 0) is 0 Å². The zero-order chi connectivity index (χ0) is 28.1. The van der Waals surface area contributed by atoms with Crippen LogP contribution in [0, 0.1) is 53.3 Å². The van der Waals surface area contributed by atoms with E-state index in [4.69, 9.17) is 0 Å². The SMILES string of the molecule is C=CC1CC(/C=C\C2CC(C)C(C=C)C2)C(CN2C(=O)c3ccccc3C2=O)C1.C=CC1CC(C)C(C=C)C1. The van der Waals surface area contributed by atoms with Gasteiger partial charge >= 0.3 is 0 Å². The number of rotatable bonds is 8. The molecule has 5 rings (SSSR count). The van der Waals surface area contributed by atoms with Gasteiger partial charge in [-0.2, -0.15) is 0 Å². The third-order valence-electron chi connectivity index (χ3n) is 9.94. The second kappa shape index (κ2) is 12.9. The maximum atomic E-state index is 12.8. The molecule has 0 radical (unpaired) electrons. The predicted molar refractivity (Wildman–Crippen MR) is 162 cm³/mol. The number of carbonyl (C=O) groups is 2. The molecule has 39 heavy (non-hydrogen) atoms. The van der Waals surface area contributed by atoms with Crippen LogP contribution in [0.4, 0.5) is 0 Å². The minimum Gasteiger partial charge on any atom is -0.274 e. The van der Waals surface area contributed by atoms with Crippen LogP contribution in [-0.4, -0.2) is 23.3 Å². The van der Waals surface area contributed by atoms with E-state index in [-0.39, 0.29) is 11.8 Å². The first-order valence-electron chi connectivity index (χ1n) is 14.9. The van der Waals surface area contributed by atoms with Gasteiger partial charge in [-0.1, -0.05) is 62.4 Å². The third-order valence-corrected chi connectivity index (χ3v) is 9.94. The van der Waals surface area contributed by atoms with Gasteiger partial charge in [0.15, 0.2) is 0 Å². The Morgan fingerprint density at radius 3 is 1.64 bits per heavy atom. The molecule has 3 aliphatic carbocycles. The number of nitrogens with zero attached hydrogens (tertiary/aromatic N) is 1. The predicted octanol–water partition coefficient (Wildman–Crippen LogP) is 8.54. The van der Waals surface area contributed by atoms with Crippen LogP contribution in [0.3, 0.4) is 0 Å². The molecule has 0 aromatic heterocycles. The Morgan fingerprint density at radius 1 is 0.667 bits per heavy atom. The molecule has 0 saturated heterocycles. The summed E-state index contributed by atoms with van der Waals surface area (Å²) >= 11 is 0. The van der Waals surface area contributed by atoms with E-state index in [1.165, 1.54) is 30.6 Å². The molecule has 3 fully saturated rings. The molecule has 3 saturated carbocycles. The topological polar surface area (TPSA) is 37.4 Å². The van der Waals surface area contributed by atoms with E-state index in [0.29, 0.717) is 53.2 Å². The highest BCUT2D eigenvalue weighted by Crippen LogP contribution is 2.42. The molecular formula is C36H47NO2. The van der Waals surface area contributed by atoms with E-state index in [9.17, 15) is 9.59 Å². The van der Waals surface area contributed by atoms with Crippen LogP contribution >= 0.6 is 0 Å². The fraction of sp³-hybridized carbons (Fsp3) is 0.500. The minimum absolute atomic E-state index is 0.145. The van der Waals surface area contributed by atoms with Crippen molar-refractivity contribution in [2.24, 2.45) is 53.3 Å². The zero-order valence-corrected chi connectivity index (χ0v) is 24.0. The van der Waals surface area contributed by atoms with Crippen molar-refractivity contribution >= 4 is 11.8 Å². The quantitative estimate of drug-likeness (QED) is 0.252. The molecular weight excluding hydrogens is 478 g/mol. The van der Waals surface area contributed by atoms with Gasteiger partial charge in [-0.25, -0.2) is 0 Å². The first-order chi connectivity index (χ1) is 18.8. The molecule has 0 N–H and O–H groups in total. The van der Waals surface area contributed by atoms with E-state index in [1.54, 1.807) is 12.1 Å². The van der Waals surface area contributed by atoms with Crippen molar-refractivity contribution in [2.45, 2.75) is 52.4 Å². The number of allylic oxidation sites excluding steroid dienone is 6. The highest BCUT2D eigenvalue weighted by Gasteiger charge is 2.40. The van der Waals surface area contributed by atoms with E-state index < -0.39 is 0 Å². The maximum Gasteiger partial charge on any atom is 0.261 e. The molecule has 208 valence electrons. The monoisotopic (exact) mass is 525 g/mol. The van der Waals surface area contributed by atoms with E-state index in [1.807, 2.05) is 18.2 Å². The summed E-state index contributed by atoms with van der Waals surface area (Å²) in [5.74, 6) is 5.07. The number of amides is 2. The smallest absolute Gasteiger partial charge is 0.261 e. The number of hydrogen-bond acceptors (Lipinski definition) is 2. The van der Waals surface area contributed by atoms with Crippen LogP contribution in [0.2, 0.25) is 0 Å². The number of fused-ring (bicyclic) bond motifs is 1. The first-order valence-corrected chi connectivity index (χ1v) is 14.9. The molecule has 1 aromatic carbocycles. The van der Waals surface area contributed by atoms with Gasteiger partial charge in [0.25, 0.3) is 11.8 Å². The lowest BCUT2D eigenvalue weighted by Crippen LogP contribution is -2.35. The molecule has 0 bridgehead atoms. The van der Waals surface area contributed by atoms with Crippen LogP contribution < -0.4 is 0 Å². The summed E-state index contributed by atoms with van der Waals surface area (Å²) < 4.78 is 0. The van der Waals surface area contributed by atoms with Gasteiger partial charge < -0.3 is 0 Å². The minimum atomic E-state index is -0.145. The van der Waals surface area contributed by atoms with Gasteiger partial charge in [0.2, 0.25) is 0 Å². The van der Waals surface area contributed by atoms with Crippen molar-refractivity contribution in [3.05, 3.63) is 98.2 Å². The number of carbonyl (C=O) groups excluding carboxylic acids is 2. The van der Waals surface area contributed by atoms with Crippen molar-refractivity contribution < 1.29 is 9.59 Å². The van der Waals surface area contributed by atoms with Crippen LogP contribution in [0.1, 0.15) is 73.1 Å². The molecule has 0 spiro atoms. The van der Waals surface area contributed by atoms with Crippen molar-refractivity contribution in [3.8, 4) is 0 Å². The summed E-state index contributed by atoms with van der Waals surface area (Å²) in [6.07, 6.45) is 20.1. The van der Waals surface area contributed by atoms with Crippen molar-refractivity contribution in [1.29, 1.82) is 0 Å². The Labute approximate surface area is 236 Å². The molecule has 3 nitrogen and oxygen atoms in total. The lowest BCUT2D eigenvalue weighted by Gasteiger charge is -2.22. The highest BCUT2D eigenvalue weighted by molar-refractivity contribution is 6.21. The summed E-state index contributed by atoms with van der Waals surface area (Å²) in [5, 5.41) is 0. The normalized spacial score (nSPS) is 35.5. The maximum absolute atomic E-state index is 12.8. The third kappa shape index (κ3) is 6.45. The molecule has 2 amide bonds. The second-order valence-corrected chi connectivity index (χ2v) is 12.5.